The fourth-order valence-electron chi connectivity index (χ4n) is 3.61. The van der Waals surface area contributed by atoms with Crippen molar-refractivity contribution in [3.8, 4) is 0 Å². The van der Waals surface area contributed by atoms with Crippen molar-refractivity contribution >= 4 is 28.6 Å². The number of benzene rings is 2. The Bertz CT molecular complexity index is 805. The van der Waals surface area contributed by atoms with Gasteiger partial charge in [-0.2, -0.15) is 0 Å². The Hall–Kier alpha value is -2.75. The number of anilines is 2. The van der Waals surface area contributed by atoms with E-state index < -0.39 is 0 Å². The third-order valence-corrected chi connectivity index (χ3v) is 4.80. The molecule has 4 N–H and O–H groups in total. The van der Waals surface area contributed by atoms with Crippen LogP contribution >= 0.6 is 0 Å². The van der Waals surface area contributed by atoms with E-state index in [-0.39, 0.29) is 5.91 Å². The Labute approximate surface area is 141 Å². The molecule has 1 heterocycles. The molecule has 1 fully saturated rings. The third kappa shape index (κ3) is 2.64. The smallest absolute Gasteiger partial charge is 0.258 e. The molecule has 4 rings (SSSR count). The zero-order valence-corrected chi connectivity index (χ0v) is 13.5. The van der Waals surface area contributed by atoms with Gasteiger partial charge in [-0.15, -0.1) is 0 Å². The van der Waals surface area contributed by atoms with Crippen molar-refractivity contribution in [2.45, 2.75) is 31.7 Å². The molecule has 0 saturated heterocycles. The molecule has 0 spiro atoms. The van der Waals surface area contributed by atoms with Crippen LogP contribution in [0, 0.1) is 0 Å². The second-order valence-corrected chi connectivity index (χ2v) is 6.50. The molecule has 4 nitrogen and oxygen atoms in total. The number of nitrogens with one attached hydrogen (secondary N) is 2. The first-order valence-electron chi connectivity index (χ1n) is 8.50. The highest BCUT2D eigenvalue weighted by Crippen LogP contribution is 2.38. The maximum atomic E-state index is 12.7. The maximum absolute atomic E-state index is 12.7. The van der Waals surface area contributed by atoms with Crippen molar-refractivity contribution in [1.29, 1.82) is 0 Å². The normalized spacial score (nSPS) is 19.1. The van der Waals surface area contributed by atoms with Gasteiger partial charge >= 0.3 is 0 Å². The van der Waals surface area contributed by atoms with Crippen molar-refractivity contribution < 1.29 is 4.79 Å². The zero-order chi connectivity index (χ0) is 16.5. The van der Waals surface area contributed by atoms with E-state index in [0.29, 0.717) is 17.3 Å². The Morgan fingerprint density at radius 3 is 2.58 bits per heavy atom. The summed E-state index contributed by atoms with van der Waals surface area (Å²) in [6, 6.07) is 16.1. The first kappa shape index (κ1) is 14.8. The summed E-state index contributed by atoms with van der Waals surface area (Å²) in [5.41, 5.74) is 11.0. The molecule has 2 aromatic rings. The van der Waals surface area contributed by atoms with Gasteiger partial charge in [0, 0.05) is 23.0 Å². The quantitative estimate of drug-likeness (QED) is 0.598. The number of fused-ring (bicyclic) bond motifs is 1. The number of nitrogen functional groups attached to an aromatic ring is 1. The first-order chi connectivity index (χ1) is 11.7. The van der Waals surface area contributed by atoms with Crippen LogP contribution in [0.2, 0.25) is 0 Å². The summed E-state index contributed by atoms with van der Waals surface area (Å²) in [7, 11) is 0. The van der Waals surface area contributed by atoms with Gasteiger partial charge in [0.05, 0.1) is 11.3 Å². The summed E-state index contributed by atoms with van der Waals surface area (Å²) in [5, 5.41) is 6.60. The van der Waals surface area contributed by atoms with Gasteiger partial charge < -0.3 is 16.4 Å². The van der Waals surface area contributed by atoms with Gasteiger partial charge in [0.15, 0.2) is 0 Å². The number of hydrogen-bond acceptors (Lipinski definition) is 3. The molecule has 0 atom stereocenters. The van der Waals surface area contributed by atoms with Crippen molar-refractivity contribution in [2.24, 2.45) is 0 Å². The third-order valence-electron chi connectivity index (χ3n) is 4.80. The predicted octanol–water partition coefficient (Wildman–Crippen LogP) is 3.62. The number of rotatable bonds is 3. The Kier molecular flexibility index (Phi) is 3.73. The SMILES string of the molecule is Nc1ccc2c(c1)/C(=C(/NC1CCCC1)c1ccccc1)C(=O)N2. The van der Waals surface area contributed by atoms with Crippen molar-refractivity contribution in [3.05, 3.63) is 59.7 Å². The van der Waals surface area contributed by atoms with E-state index >= 15 is 0 Å². The standard InChI is InChI=1S/C20H21N3O/c21-14-10-11-17-16(12-14)18(20(24)23-17)19(13-6-2-1-3-7-13)22-15-8-4-5-9-15/h1-3,6-7,10-12,15,22H,4-5,8-9,21H2,(H,23,24)/b19-18-. The number of carbonyl (C=O) groups excluding carboxylic acids is 1. The molecule has 2 aliphatic rings. The van der Waals surface area contributed by atoms with Crippen LogP contribution in [0.1, 0.15) is 36.8 Å². The van der Waals surface area contributed by atoms with Gasteiger partial charge in [0.1, 0.15) is 0 Å². The lowest BCUT2D eigenvalue weighted by molar-refractivity contribution is -0.110. The van der Waals surface area contributed by atoms with Crippen molar-refractivity contribution in [3.63, 3.8) is 0 Å². The Morgan fingerprint density at radius 1 is 1.08 bits per heavy atom. The molecule has 2 aromatic carbocycles. The van der Waals surface area contributed by atoms with Crippen LogP contribution < -0.4 is 16.4 Å². The lowest BCUT2D eigenvalue weighted by atomic mass is 9.99. The zero-order valence-electron chi connectivity index (χ0n) is 13.5. The number of hydrogen-bond donors (Lipinski definition) is 3. The minimum Gasteiger partial charge on any atom is -0.399 e. The highest BCUT2D eigenvalue weighted by atomic mass is 16.2. The fraction of sp³-hybridized carbons (Fsp3) is 0.250. The predicted molar refractivity (Wildman–Crippen MR) is 98.1 cm³/mol. The van der Waals surface area contributed by atoms with E-state index in [4.69, 9.17) is 5.73 Å². The summed E-state index contributed by atoms with van der Waals surface area (Å²) in [5.74, 6) is -0.0695. The van der Waals surface area contributed by atoms with Gasteiger partial charge in [-0.1, -0.05) is 43.2 Å². The van der Waals surface area contributed by atoms with E-state index in [2.05, 4.69) is 10.6 Å². The summed E-state index contributed by atoms with van der Waals surface area (Å²) >= 11 is 0. The molecule has 1 aliphatic heterocycles. The molecule has 1 saturated carbocycles. The van der Waals surface area contributed by atoms with E-state index in [0.717, 1.165) is 35.4 Å². The minimum absolute atomic E-state index is 0.0695. The van der Waals surface area contributed by atoms with Crippen LogP contribution in [0.15, 0.2) is 48.5 Å². The van der Waals surface area contributed by atoms with E-state index in [9.17, 15) is 4.79 Å². The number of nitrogens with two attached hydrogens (primary N) is 1. The second-order valence-electron chi connectivity index (χ2n) is 6.50. The molecule has 1 aliphatic carbocycles. The van der Waals surface area contributed by atoms with E-state index in [1.807, 2.05) is 48.5 Å². The summed E-state index contributed by atoms with van der Waals surface area (Å²) in [6.07, 6.45) is 4.78. The molecule has 0 unspecified atom stereocenters. The number of carbonyl (C=O) groups is 1. The van der Waals surface area contributed by atoms with Gasteiger partial charge in [0.2, 0.25) is 0 Å². The molecule has 0 radical (unpaired) electrons. The Balaban J connectivity index is 1.87. The molecule has 24 heavy (non-hydrogen) atoms. The Morgan fingerprint density at radius 2 is 1.83 bits per heavy atom. The highest BCUT2D eigenvalue weighted by molar-refractivity contribution is 6.36. The van der Waals surface area contributed by atoms with Crippen LogP contribution in [0.25, 0.3) is 11.3 Å². The summed E-state index contributed by atoms with van der Waals surface area (Å²) < 4.78 is 0. The second kappa shape index (κ2) is 6.04. The molecule has 1 amide bonds. The van der Waals surface area contributed by atoms with Gasteiger partial charge in [-0.25, -0.2) is 0 Å². The lowest BCUT2D eigenvalue weighted by Gasteiger charge is -2.19. The van der Waals surface area contributed by atoms with Gasteiger partial charge in [-0.05, 0) is 36.6 Å². The van der Waals surface area contributed by atoms with Crippen molar-refractivity contribution in [2.75, 3.05) is 11.1 Å². The van der Waals surface area contributed by atoms with E-state index in [1.54, 1.807) is 0 Å². The molecule has 0 bridgehead atoms. The first-order valence-corrected chi connectivity index (χ1v) is 8.50. The fourth-order valence-corrected chi connectivity index (χ4v) is 3.61. The largest absolute Gasteiger partial charge is 0.399 e. The van der Waals surface area contributed by atoms with Crippen molar-refractivity contribution in [1.82, 2.24) is 5.32 Å². The molecule has 0 aromatic heterocycles. The van der Waals surface area contributed by atoms with Gasteiger partial charge in [-0.3, -0.25) is 4.79 Å². The lowest BCUT2D eigenvalue weighted by Crippen LogP contribution is -2.26. The maximum Gasteiger partial charge on any atom is 0.258 e. The van der Waals surface area contributed by atoms with Crippen LogP contribution in [0.3, 0.4) is 0 Å². The van der Waals surface area contributed by atoms with Crippen LogP contribution in [-0.4, -0.2) is 11.9 Å². The average molecular weight is 319 g/mol. The van der Waals surface area contributed by atoms with Gasteiger partial charge in [0.25, 0.3) is 5.91 Å². The topological polar surface area (TPSA) is 67.1 Å². The summed E-state index contributed by atoms with van der Waals surface area (Å²) in [4.78, 5) is 12.7. The van der Waals surface area contributed by atoms with Crippen LogP contribution in [-0.2, 0) is 4.79 Å². The molecular weight excluding hydrogens is 298 g/mol. The molecular formula is C20H21N3O. The average Bonchev–Trinajstić information content (AvgIpc) is 3.20. The van der Waals surface area contributed by atoms with E-state index in [1.165, 1.54) is 12.8 Å². The highest BCUT2D eigenvalue weighted by Gasteiger charge is 2.29. The summed E-state index contributed by atoms with van der Waals surface area (Å²) in [6.45, 7) is 0. The van der Waals surface area contributed by atoms with Crippen LogP contribution in [0.4, 0.5) is 11.4 Å². The minimum atomic E-state index is -0.0695. The molecule has 4 heteroatoms. The monoisotopic (exact) mass is 319 g/mol. The van der Waals surface area contributed by atoms with Crippen LogP contribution in [0.5, 0.6) is 0 Å². The number of amides is 1. The molecule has 122 valence electrons.